The number of hydrogen-bond acceptors (Lipinski definition) is 3. The smallest absolute Gasteiger partial charge is 0.113 e. The summed E-state index contributed by atoms with van der Waals surface area (Å²) in [5.41, 5.74) is -1.24. The van der Waals surface area contributed by atoms with Crippen LogP contribution in [-0.4, -0.2) is 34.1 Å². The van der Waals surface area contributed by atoms with Crippen molar-refractivity contribution >= 4 is 0 Å². The van der Waals surface area contributed by atoms with Gasteiger partial charge in [-0.1, -0.05) is 19.3 Å². The van der Waals surface area contributed by atoms with Crippen molar-refractivity contribution in [1.29, 1.82) is 0 Å². The van der Waals surface area contributed by atoms with E-state index in [9.17, 15) is 5.11 Å². The minimum atomic E-state index is -1.24. The van der Waals surface area contributed by atoms with Crippen molar-refractivity contribution in [1.82, 2.24) is 0 Å². The van der Waals surface area contributed by atoms with E-state index in [2.05, 4.69) is 0 Å². The molecule has 0 bridgehead atoms. The Hall–Kier alpha value is -0.120. The minimum Gasteiger partial charge on any atom is -0.393 e. The van der Waals surface area contributed by atoms with Gasteiger partial charge in [0.15, 0.2) is 0 Å². The predicted molar refractivity (Wildman–Crippen MR) is 45.7 cm³/mol. The van der Waals surface area contributed by atoms with Gasteiger partial charge in [0.2, 0.25) is 0 Å². The average Bonchev–Trinajstić information content (AvgIpc) is 2.18. The van der Waals surface area contributed by atoms with E-state index in [1.165, 1.54) is 6.42 Å². The van der Waals surface area contributed by atoms with E-state index in [1.54, 1.807) is 0 Å². The highest BCUT2D eigenvalue weighted by Crippen LogP contribution is 2.32. The molecule has 0 aromatic rings. The fraction of sp³-hybridized carbons (Fsp3) is 1.00. The highest BCUT2D eigenvalue weighted by molar-refractivity contribution is 4.86. The Morgan fingerprint density at radius 2 is 1.50 bits per heavy atom. The number of rotatable bonds is 3. The van der Waals surface area contributed by atoms with E-state index < -0.39 is 5.60 Å². The number of aliphatic hydroxyl groups excluding tert-OH is 2. The van der Waals surface area contributed by atoms with E-state index >= 15 is 0 Å². The van der Waals surface area contributed by atoms with Crippen LogP contribution >= 0.6 is 0 Å². The molecule has 0 aliphatic heterocycles. The topological polar surface area (TPSA) is 60.7 Å². The predicted octanol–water partition coefficient (Wildman–Crippen LogP) is 0.282. The monoisotopic (exact) mass is 174 g/mol. The second-order valence-corrected chi connectivity index (χ2v) is 3.75. The fourth-order valence-corrected chi connectivity index (χ4v) is 1.95. The highest BCUT2D eigenvalue weighted by Gasteiger charge is 2.35. The van der Waals surface area contributed by atoms with Gasteiger partial charge in [0.25, 0.3) is 0 Å². The van der Waals surface area contributed by atoms with Gasteiger partial charge in [0.1, 0.15) is 5.60 Å². The van der Waals surface area contributed by atoms with Crippen molar-refractivity contribution in [2.75, 3.05) is 13.2 Å². The van der Waals surface area contributed by atoms with E-state index in [0.717, 1.165) is 25.7 Å². The van der Waals surface area contributed by atoms with Crippen molar-refractivity contribution in [3.05, 3.63) is 0 Å². The van der Waals surface area contributed by atoms with Gasteiger partial charge in [-0.2, -0.15) is 0 Å². The summed E-state index contributed by atoms with van der Waals surface area (Å²) in [6, 6.07) is 0. The first-order chi connectivity index (χ1) is 5.73. The van der Waals surface area contributed by atoms with Crippen molar-refractivity contribution in [3.63, 3.8) is 0 Å². The lowest BCUT2D eigenvalue weighted by atomic mass is 9.77. The summed E-state index contributed by atoms with van der Waals surface area (Å²) in [4.78, 5) is 0. The Bertz CT molecular complexity index is 126. The Morgan fingerprint density at radius 3 is 1.92 bits per heavy atom. The molecule has 1 fully saturated rings. The van der Waals surface area contributed by atoms with Gasteiger partial charge >= 0.3 is 0 Å². The molecule has 0 spiro atoms. The van der Waals surface area contributed by atoms with Gasteiger partial charge in [0.05, 0.1) is 13.2 Å². The number of aliphatic hydroxyl groups is 3. The molecule has 1 saturated carbocycles. The van der Waals surface area contributed by atoms with Gasteiger partial charge in [-0.25, -0.2) is 0 Å². The molecule has 0 unspecified atom stereocenters. The van der Waals surface area contributed by atoms with Crippen LogP contribution < -0.4 is 0 Å². The molecule has 3 N–H and O–H groups in total. The first-order valence-corrected chi connectivity index (χ1v) is 4.67. The first kappa shape index (κ1) is 9.96. The van der Waals surface area contributed by atoms with Crippen molar-refractivity contribution in [2.24, 2.45) is 5.92 Å². The van der Waals surface area contributed by atoms with E-state index in [4.69, 9.17) is 10.2 Å². The number of hydrogen-bond donors (Lipinski definition) is 3. The largest absolute Gasteiger partial charge is 0.393 e. The summed E-state index contributed by atoms with van der Waals surface area (Å²) < 4.78 is 0. The van der Waals surface area contributed by atoms with Gasteiger partial charge < -0.3 is 15.3 Å². The maximum Gasteiger partial charge on any atom is 0.113 e. The second kappa shape index (κ2) is 4.21. The molecule has 1 rings (SSSR count). The second-order valence-electron chi connectivity index (χ2n) is 3.75. The maximum atomic E-state index is 9.75. The van der Waals surface area contributed by atoms with E-state index in [-0.39, 0.29) is 19.1 Å². The lowest BCUT2D eigenvalue weighted by Crippen LogP contribution is -2.46. The van der Waals surface area contributed by atoms with Crippen molar-refractivity contribution in [3.8, 4) is 0 Å². The first-order valence-electron chi connectivity index (χ1n) is 4.67. The molecule has 0 aromatic carbocycles. The minimum absolute atomic E-state index is 0.0845. The highest BCUT2D eigenvalue weighted by atomic mass is 16.4. The molecular weight excluding hydrogens is 156 g/mol. The van der Waals surface area contributed by atoms with Crippen LogP contribution in [0, 0.1) is 5.92 Å². The molecular formula is C9H18O3. The zero-order chi connectivity index (χ0) is 9.03. The lowest BCUT2D eigenvalue weighted by Gasteiger charge is -2.35. The fourth-order valence-electron chi connectivity index (χ4n) is 1.95. The summed E-state index contributed by atoms with van der Waals surface area (Å²) in [5.74, 6) is 0.0845. The van der Waals surface area contributed by atoms with Crippen LogP contribution in [0.15, 0.2) is 0 Å². The van der Waals surface area contributed by atoms with Gasteiger partial charge in [0, 0.05) is 0 Å². The SMILES string of the molecule is OCC(O)(CO)C1CCCCC1. The molecule has 1 aliphatic carbocycles. The zero-order valence-corrected chi connectivity index (χ0v) is 7.37. The molecule has 3 nitrogen and oxygen atoms in total. The molecule has 0 saturated heterocycles. The van der Waals surface area contributed by atoms with Crippen LogP contribution in [0.3, 0.4) is 0 Å². The molecule has 0 amide bonds. The zero-order valence-electron chi connectivity index (χ0n) is 7.37. The molecule has 0 aromatic heterocycles. The summed E-state index contributed by atoms with van der Waals surface area (Å²) in [6.45, 7) is -0.650. The molecule has 0 radical (unpaired) electrons. The van der Waals surface area contributed by atoms with Crippen molar-refractivity contribution in [2.45, 2.75) is 37.7 Å². The molecule has 12 heavy (non-hydrogen) atoms. The Balaban J connectivity index is 2.51. The third-order valence-electron chi connectivity index (χ3n) is 2.91. The third kappa shape index (κ3) is 1.97. The standard InChI is InChI=1S/C9H18O3/c10-6-9(12,7-11)8-4-2-1-3-5-8/h8,10-12H,1-7H2. The maximum absolute atomic E-state index is 9.75. The molecule has 0 heterocycles. The van der Waals surface area contributed by atoms with Gasteiger partial charge in [-0.3, -0.25) is 0 Å². The molecule has 1 aliphatic rings. The lowest BCUT2D eigenvalue weighted by molar-refractivity contribution is -0.104. The van der Waals surface area contributed by atoms with Gasteiger partial charge in [-0.15, -0.1) is 0 Å². The van der Waals surface area contributed by atoms with E-state index in [1.807, 2.05) is 0 Å². The summed E-state index contributed by atoms with van der Waals surface area (Å²) in [6.07, 6.45) is 5.28. The summed E-state index contributed by atoms with van der Waals surface area (Å²) >= 11 is 0. The van der Waals surface area contributed by atoms with Crippen LogP contribution in [0.5, 0.6) is 0 Å². The third-order valence-corrected chi connectivity index (χ3v) is 2.91. The van der Waals surface area contributed by atoms with Crippen molar-refractivity contribution < 1.29 is 15.3 Å². The van der Waals surface area contributed by atoms with Crippen LogP contribution in [-0.2, 0) is 0 Å². The Labute approximate surface area is 73.0 Å². The van der Waals surface area contributed by atoms with Crippen LogP contribution in [0.25, 0.3) is 0 Å². The molecule has 0 atom stereocenters. The summed E-state index contributed by atoms with van der Waals surface area (Å²) in [7, 11) is 0. The summed E-state index contributed by atoms with van der Waals surface area (Å²) in [5, 5.41) is 27.6. The quantitative estimate of drug-likeness (QED) is 0.576. The van der Waals surface area contributed by atoms with Crippen LogP contribution in [0.4, 0.5) is 0 Å². The molecule has 72 valence electrons. The van der Waals surface area contributed by atoms with E-state index in [0.29, 0.717) is 0 Å². The van der Waals surface area contributed by atoms with Crippen LogP contribution in [0.2, 0.25) is 0 Å². The normalized spacial score (nSPS) is 21.2. The van der Waals surface area contributed by atoms with Gasteiger partial charge in [-0.05, 0) is 18.8 Å². The Morgan fingerprint density at radius 1 is 1.00 bits per heavy atom. The van der Waals surface area contributed by atoms with Crippen LogP contribution in [0.1, 0.15) is 32.1 Å². The average molecular weight is 174 g/mol. The molecule has 3 heteroatoms. The Kier molecular flexibility index (Phi) is 3.50.